The van der Waals surface area contributed by atoms with Crippen LogP contribution in [0.4, 0.5) is 0 Å². The molecule has 0 atom stereocenters. The minimum Gasteiger partial charge on any atom is -0.478 e. The highest BCUT2D eigenvalue weighted by atomic mass is 16.4. The van der Waals surface area contributed by atoms with E-state index in [-0.39, 0.29) is 5.91 Å². The van der Waals surface area contributed by atoms with Gasteiger partial charge in [0.1, 0.15) is 0 Å². The number of benzene rings is 1. The quantitative estimate of drug-likeness (QED) is 0.846. The standard InChI is InChI=1S/C17H21NO3/c1-2-18(15-8-3-4-9-15)17(21)14-7-5-6-13(12-14)10-11-16(19)20/h5-7,10-12,15H,2-4,8-9H2,1H3,(H,19,20). The summed E-state index contributed by atoms with van der Waals surface area (Å²) >= 11 is 0. The third-order valence-electron chi connectivity index (χ3n) is 3.92. The van der Waals surface area contributed by atoms with Gasteiger partial charge in [-0.05, 0) is 43.5 Å². The Balaban J connectivity index is 2.17. The SMILES string of the molecule is CCN(C(=O)c1cccc(C=CC(=O)O)c1)C1CCCC1. The zero-order chi connectivity index (χ0) is 15.2. The predicted molar refractivity (Wildman–Crippen MR) is 82.1 cm³/mol. The Hall–Kier alpha value is -2.10. The molecule has 0 saturated heterocycles. The summed E-state index contributed by atoms with van der Waals surface area (Å²) in [6, 6.07) is 7.47. The van der Waals surface area contributed by atoms with Gasteiger partial charge in [-0.1, -0.05) is 25.0 Å². The van der Waals surface area contributed by atoms with Gasteiger partial charge in [-0.3, -0.25) is 4.79 Å². The van der Waals surface area contributed by atoms with Gasteiger partial charge in [0.15, 0.2) is 0 Å². The number of hydrogen-bond donors (Lipinski definition) is 1. The second kappa shape index (κ2) is 7.07. The molecule has 0 unspecified atom stereocenters. The molecule has 2 rings (SSSR count). The Bertz CT molecular complexity index is 545. The van der Waals surface area contributed by atoms with Gasteiger partial charge in [0.05, 0.1) is 0 Å². The number of rotatable bonds is 5. The monoisotopic (exact) mass is 287 g/mol. The summed E-state index contributed by atoms with van der Waals surface area (Å²) in [6.07, 6.45) is 7.13. The molecule has 1 aromatic rings. The first-order valence-electron chi connectivity index (χ1n) is 7.44. The van der Waals surface area contributed by atoms with E-state index < -0.39 is 5.97 Å². The average Bonchev–Trinajstić information content (AvgIpc) is 3.00. The molecule has 0 spiro atoms. The number of nitrogens with zero attached hydrogens (tertiary/aromatic N) is 1. The molecule has 0 aliphatic heterocycles. The maximum atomic E-state index is 12.6. The summed E-state index contributed by atoms with van der Waals surface area (Å²) in [5.41, 5.74) is 1.35. The van der Waals surface area contributed by atoms with Crippen LogP contribution in [-0.2, 0) is 4.79 Å². The van der Waals surface area contributed by atoms with E-state index in [1.165, 1.54) is 18.9 Å². The highest BCUT2D eigenvalue weighted by Crippen LogP contribution is 2.25. The minimum absolute atomic E-state index is 0.0370. The van der Waals surface area contributed by atoms with Crippen LogP contribution in [0.5, 0.6) is 0 Å². The Morgan fingerprint density at radius 1 is 1.33 bits per heavy atom. The molecule has 112 valence electrons. The number of carboxylic acids is 1. The van der Waals surface area contributed by atoms with Crippen molar-refractivity contribution in [2.45, 2.75) is 38.6 Å². The Labute approximate surface area is 125 Å². The largest absolute Gasteiger partial charge is 0.478 e. The van der Waals surface area contributed by atoms with Crippen LogP contribution in [0.25, 0.3) is 6.08 Å². The molecule has 4 heteroatoms. The summed E-state index contributed by atoms with van der Waals surface area (Å²) in [5.74, 6) is -0.956. The molecule has 1 aromatic carbocycles. The number of hydrogen-bond acceptors (Lipinski definition) is 2. The van der Waals surface area contributed by atoms with Crippen LogP contribution in [0.1, 0.15) is 48.5 Å². The van der Waals surface area contributed by atoms with Crippen LogP contribution in [0.15, 0.2) is 30.3 Å². The Morgan fingerprint density at radius 2 is 2.05 bits per heavy atom. The topological polar surface area (TPSA) is 57.6 Å². The van der Waals surface area contributed by atoms with E-state index in [9.17, 15) is 9.59 Å². The molecule has 1 aliphatic carbocycles. The smallest absolute Gasteiger partial charge is 0.328 e. The normalized spacial score (nSPS) is 15.5. The summed E-state index contributed by atoms with van der Waals surface area (Å²) < 4.78 is 0. The van der Waals surface area contributed by atoms with Crippen molar-refractivity contribution in [3.8, 4) is 0 Å². The van der Waals surface area contributed by atoms with Gasteiger partial charge in [-0.15, -0.1) is 0 Å². The molecule has 21 heavy (non-hydrogen) atoms. The number of carboxylic acid groups (broad SMARTS) is 1. The first-order chi connectivity index (χ1) is 10.1. The lowest BCUT2D eigenvalue weighted by Crippen LogP contribution is -2.38. The zero-order valence-corrected chi connectivity index (χ0v) is 12.3. The molecule has 1 aliphatic rings. The molecule has 0 bridgehead atoms. The molecule has 4 nitrogen and oxygen atoms in total. The number of carbonyl (C=O) groups excluding carboxylic acids is 1. The maximum absolute atomic E-state index is 12.6. The predicted octanol–water partition coefficient (Wildman–Crippen LogP) is 3.19. The van der Waals surface area contributed by atoms with Crippen molar-refractivity contribution in [2.24, 2.45) is 0 Å². The van der Waals surface area contributed by atoms with Crippen LogP contribution in [0, 0.1) is 0 Å². The van der Waals surface area contributed by atoms with E-state index in [0.717, 1.165) is 24.5 Å². The Kier molecular flexibility index (Phi) is 5.14. The second-order valence-electron chi connectivity index (χ2n) is 5.33. The van der Waals surface area contributed by atoms with Gasteiger partial charge in [-0.25, -0.2) is 4.79 Å². The van der Waals surface area contributed by atoms with E-state index in [1.54, 1.807) is 24.3 Å². The van der Waals surface area contributed by atoms with Crippen molar-refractivity contribution in [3.05, 3.63) is 41.5 Å². The van der Waals surface area contributed by atoms with E-state index >= 15 is 0 Å². The lowest BCUT2D eigenvalue weighted by molar-refractivity contribution is -0.131. The van der Waals surface area contributed by atoms with Crippen LogP contribution in [0.2, 0.25) is 0 Å². The first-order valence-corrected chi connectivity index (χ1v) is 7.44. The molecular weight excluding hydrogens is 266 g/mol. The molecule has 1 fully saturated rings. The van der Waals surface area contributed by atoms with E-state index in [4.69, 9.17) is 5.11 Å². The van der Waals surface area contributed by atoms with Crippen molar-refractivity contribution in [3.63, 3.8) is 0 Å². The van der Waals surface area contributed by atoms with Crippen molar-refractivity contribution in [2.75, 3.05) is 6.54 Å². The maximum Gasteiger partial charge on any atom is 0.328 e. The summed E-state index contributed by atoms with van der Waals surface area (Å²) in [6.45, 7) is 2.71. The van der Waals surface area contributed by atoms with Gasteiger partial charge in [-0.2, -0.15) is 0 Å². The van der Waals surface area contributed by atoms with E-state index in [0.29, 0.717) is 18.2 Å². The molecular formula is C17H21NO3. The van der Waals surface area contributed by atoms with Crippen molar-refractivity contribution in [1.82, 2.24) is 4.90 Å². The first kappa shape index (κ1) is 15.3. The molecule has 0 aromatic heterocycles. The second-order valence-corrected chi connectivity index (χ2v) is 5.33. The third-order valence-corrected chi connectivity index (χ3v) is 3.92. The fraction of sp³-hybridized carbons (Fsp3) is 0.412. The molecule has 0 radical (unpaired) electrons. The van der Waals surface area contributed by atoms with Gasteiger partial charge in [0, 0.05) is 24.2 Å². The summed E-state index contributed by atoms with van der Waals surface area (Å²) in [4.78, 5) is 25.1. The van der Waals surface area contributed by atoms with E-state index in [1.807, 2.05) is 11.8 Å². The van der Waals surface area contributed by atoms with Crippen LogP contribution in [-0.4, -0.2) is 34.5 Å². The zero-order valence-electron chi connectivity index (χ0n) is 12.3. The number of amides is 1. The highest BCUT2D eigenvalue weighted by Gasteiger charge is 2.26. The van der Waals surface area contributed by atoms with Crippen molar-refractivity contribution in [1.29, 1.82) is 0 Å². The van der Waals surface area contributed by atoms with Gasteiger partial charge in [0.2, 0.25) is 0 Å². The number of aliphatic carboxylic acids is 1. The molecule has 1 saturated carbocycles. The molecule has 1 N–H and O–H groups in total. The van der Waals surface area contributed by atoms with Gasteiger partial charge < -0.3 is 10.0 Å². The van der Waals surface area contributed by atoms with Crippen molar-refractivity contribution >= 4 is 18.0 Å². The minimum atomic E-state index is -0.993. The number of carbonyl (C=O) groups is 2. The highest BCUT2D eigenvalue weighted by molar-refractivity contribution is 5.95. The average molecular weight is 287 g/mol. The fourth-order valence-electron chi connectivity index (χ4n) is 2.89. The lowest BCUT2D eigenvalue weighted by Gasteiger charge is -2.27. The van der Waals surface area contributed by atoms with Gasteiger partial charge in [0.25, 0.3) is 5.91 Å². The third kappa shape index (κ3) is 3.94. The molecule has 0 heterocycles. The molecule has 1 amide bonds. The summed E-state index contributed by atoms with van der Waals surface area (Å²) in [5, 5.41) is 8.66. The van der Waals surface area contributed by atoms with Crippen LogP contribution in [0.3, 0.4) is 0 Å². The van der Waals surface area contributed by atoms with Gasteiger partial charge >= 0.3 is 5.97 Å². The van der Waals surface area contributed by atoms with E-state index in [2.05, 4.69) is 0 Å². The summed E-state index contributed by atoms with van der Waals surface area (Å²) in [7, 11) is 0. The van der Waals surface area contributed by atoms with Crippen LogP contribution < -0.4 is 0 Å². The van der Waals surface area contributed by atoms with Crippen LogP contribution >= 0.6 is 0 Å². The fourth-order valence-corrected chi connectivity index (χ4v) is 2.89. The Morgan fingerprint density at radius 3 is 2.67 bits per heavy atom. The van der Waals surface area contributed by atoms with Crippen molar-refractivity contribution < 1.29 is 14.7 Å². The lowest BCUT2D eigenvalue weighted by atomic mass is 10.1.